The van der Waals surface area contributed by atoms with Gasteiger partial charge in [-0.05, 0) is 31.0 Å². The number of aromatic carboxylic acids is 1. The lowest BCUT2D eigenvalue weighted by Gasteiger charge is -2.32. The van der Waals surface area contributed by atoms with Crippen molar-refractivity contribution >= 4 is 21.9 Å². The first-order valence-electron chi connectivity index (χ1n) is 7.95. The maximum absolute atomic E-state index is 13.6. The second kappa shape index (κ2) is 7.49. The molecule has 1 amide bonds. The fourth-order valence-corrected chi connectivity index (χ4v) is 4.21. The van der Waals surface area contributed by atoms with Crippen molar-refractivity contribution in [3.05, 3.63) is 29.6 Å². The lowest BCUT2D eigenvalue weighted by Crippen LogP contribution is -2.50. The molecule has 2 rings (SSSR count). The van der Waals surface area contributed by atoms with Crippen LogP contribution in [0.1, 0.15) is 37.0 Å². The Hall–Kier alpha value is -2.00. The highest BCUT2D eigenvalue weighted by Gasteiger charge is 2.32. The van der Waals surface area contributed by atoms with Crippen molar-refractivity contribution in [2.75, 3.05) is 13.1 Å². The number of amides is 1. The smallest absolute Gasteiger partial charge is 0.335 e. The standard InChI is InChI=1S/C16H21FN2O5S/c1-10(2)15(20)18-13-4-3-5-19(9-13)25(23,24)14-7-11(16(21)22)6-12(17)8-14/h6-8,10,13H,3-5,9H2,1-2H3,(H,18,20)(H,21,22). The molecule has 0 aromatic heterocycles. The quantitative estimate of drug-likeness (QED) is 0.814. The van der Waals surface area contributed by atoms with Crippen LogP contribution < -0.4 is 5.32 Å². The first kappa shape index (κ1) is 19.3. The van der Waals surface area contributed by atoms with Gasteiger partial charge in [-0.1, -0.05) is 13.8 Å². The molecular weight excluding hydrogens is 351 g/mol. The molecule has 9 heteroatoms. The van der Waals surface area contributed by atoms with Crippen molar-refractivity contribution in [2.24, 2.45) is 5.92 Å². The molecule has 1 aromatic rings. The monoisotopic (exact) mass is 372 g/mol. The van der Waals surface area contributed by atoms with Crippen LogP contribution in [0.4, 0.5) is 4.39 Å². The summed E-state index contributed by atoms with van der Waals surface area (Å²) in [5, 5.41) is 11.8. The van der Waals surface area contributed by atoms with Gasteiger partial charge in [0.2, 0.25) is 15.9 Å². The highest BCUT2D eigenvalue weighted by Crippen LogP contribution is 2.23. The van der Waals surface area contributed by atoms with Gasteiger partial charge >= 0.3 is 5.97 Å². The summed E-state index contributed by atoms with van der Waals surface area (Å²) in [6.07, 6.45) is 1.19. The second-order valence-electron chi connectivity index (χ2n) is 6.35. The SMILES string of the molecule is CC(C)C(=O)NC1CCCN(S(=O)(=O)c2cc(F)cc(C(=O)O)c2)C1. The van der Waals surface area contributed by atoms with E-state index in [1.807, 2.05) is 0 Å². The Labute approximate surface area is 145 Å². The Balaban J connectivity index is 2.24. The minimum Gasteiger partial charge on any atom is -0.478 e. The predicted octanol–water partition coefficient (Wildman–Crippen LogP) is 1.45. The summed E-state index contributed by atoms with van der Waals surface area (Å²) in [5.74, 6) is -2.71. The van der Waals surface area contributed by atoms with Crippen molar-refractivity contribution in [1.82, 2.24) is 9.62 Å². The molecule has 1 aliphatic rings. The van der Waals surface area contributed by atoms with Crippen LogP contribution in [0, 0.1) is 11.7 Å². The predicted molar refractivity (Wildman–Crippen MR) is 88.1 cm³/mol. The molecular formula is C16H21FN2O5S. The number of hydrogen-bond acceptors (Lipinski definition) is 4. The first-order valence-corrected chi connectivity index (χ1v) is 9.39. The van der Waals surface area contributed by atoms with Crippen molar-refractivity contribution in [3.8, 4) is 0 Å². The van der Waals surface area contributed by atoms with Gasteiger partial charge in [0.05, 0.1) is 10.5 Å². The second-order valence-corrected chi connectivity index (χ2v) is 8.28. The number of benzene rings is 1. The fourth-order valence-electron chi connectivity index (χ4n) is 2.63. The summed E-state index contributed by atoms with van der Waals surface area (Å²) < 4.78 is 40.2. The van der Waals surface area contributed by atoms with E-state index in [9.17, 15) is 22.4 Å². The number of hydrogen-bond donors (Lipinski definition) is 2. The van der Waals surface area contributed by atoms with Crippen molar-refractivity contribution in [3.63, 3.8) is 0 Å². The molecule has 1 heterocycles. The van der Waals surface area contributed by atoms with Crippen LogP contribution in [-0.4, -0.2) is 48.8 Å². The Kier molecular flexibility index (Phi) is 5.79. The van der Waals surface area contributed by atoms with Gasteiger partial charge in [-0.15, -0.1) is 0 Å². The molecule has 1 unspecified atom stereocenters. The molecule has 0 bridgehead atoms. The number of piperidine rings is 1. The van der Waals surface area contributed by atoms with Crippen LogP contribution >= 0.6 is 0 Å². The van der Waals surface area contributed by atoms with E-state index in [4.69, 9.17) is 5.11 Å². The average Bonchev–Trinajstić information content (AvgIpc) is 2.54. The number of sulfonamides is 1. The van der Waals surface area contributed by atoms with E-state index in [1.165, 1.54) is 0 Å². The molecule has 2 N–H and O–H groups in total. The number of halogens is 1. The number of nitrogens with zero attached hydrogens (tertiary/aromatic N) is 1. The molecule has 1 atom stereocenters. The van der Waals surface area contributed by atoms with Crippen LogP contribution in [0.5, 0.6) is 0 Å². The van der Waals surface area contributed by atoms with Gasteiger partial charge < -0.3 is 10.4 Å². The van der Waals surface area contributed by atoms with E-state index in [0.29, 0.717) is 12.8 Å². The molecule has 25 heavy (non-hydrogen) atoms. The Morgan fingerprint density at radius 1 is 1.32 bits per heavy atom. The normalized spacial score (nSPS) is 19.0. The minimum atomic E-state index is -4.05. The number of carboxylic acids is 1. The van der Waals surface area contributed by atoms with E-state index >= 15 is 0 Å². The Morgan fingerprint density at radius 3 is 2.60 bits per heavy atom. The van der Waals surface area contributed by atoms with Gasteiger partial charge in [0.15, 0.2) is 0 Å². The molecule has 1 aromatic carbocycles. The summed E-state index contributed by atoms with van der Waals surface area (Å²) in [7, 11) is -4.05. The lowest BCUT2D eigenvalue weighted by atomic mass is 10.1. The summed E-state index contributed by atoms with van der Waals surface area (Å²) >= 11 is 0. The van der Waals surface area contributed by atoms with Gasteiger partial charge in [-0.2, -0.15) is 4.31 Å². The highest BCUT2D eigenvalue weighted by molar-refractivity contribution is 7.89. The lowest BCUT2D eigenvalue weighted by molar-refractivity contribution is -0.124. The minimum absolute atomic E-state index is 0.0692. The molecule has 0 radical (unpaired) electrons. The molecule has 0 spiro atoms. The highest BCUT2D eigenvalue weighted by atomic mass is 32.2. The maximum Gasteiger partial charge on any atom is 0.335 e. The molecule has 1 aliphatic heterocycles. The summed E-state index contributed by atoms with van der Waals surface area (Å²) in [6, 6.07) is 2.18. The topological polar surface area (TPSA) is 104 Å². The van der Waals surface area contributed by atoms with E-state index in [2.05, 4.69) is 5.32 Å². The largest absolute Gasteiger partial charge is 0.478 e. The summed E-state index contributed by atoms with van der Waals surface area (Å²) in [5.41, 5.74) is -0.430. The Morgan fingerprint density at radius 2 is 2.00 bits per heavy atom. The fraction of sp³-hybridized carbons (Fsp3) is 0.500. The number of carbonyl (C=O) groups is 2. The van der Waals surface area contributed by atoms with Gasteiger partial charge in [0.1, 0.15) is 5.82 Å². The zero-order valence-electron chi connectivity index (χ0n) is 14.0. The third kappa shape index (κ3) is 4.55. The van der Waals surface area contributed by atoms with Crippen molar-refractivity contribution in [2.45, 2.75) is 37.6 Å². The Bertz CT molecular complexity index is 779. The number of carbonyl (C=O) groups excluding carboxylic acids is 1. The van der Waals surface area contributed by atoms with Gasteiger partial charge in [0.25, 0.3) is 0 Å². The average molecular weight is 372 g/mol. The third-order valence-corrected chi connectivity index (χ3v) is 5.85. The van der Waals surface area contributed by atoms with Crippen molar-refractivity contribution < 1.29 is 27.5 Å². The maximum atomic E-state index is 13.6. The van der Waals surface area contributed by atoms with Gasteiger partial charge in [-0.3, -0.25) is 4.79 Å². The van der Waals surface area contributed by atoms with Crippen LogP contribution in [0.3, 0.4) is 0 Å². The van der Waals surface area contributed by atoms with E-state index in [1.54, 1.807) is 13.8 Å². The number of carboxylic acid groups (broad SMARTS) is 1. The third-order valence-electron chi connectivity index (χ3n) is 4.01. The van der Waals surface area contributed by atoms with Crippen LogP contribution in [0.25, 0.3) is 0 Å². The molecule has 1 fully saturated rings. The summed E-state index contributed by atoms with van der Waals surface area (Å²) in [6.45, 7) is 3.79. The zero-order valence-corrected chi connectivity index (χ0v) is 14.8. The number of nitrogens with one attached hydrogen (secondary N) is 1. The molecule has 1 saturated heterocycles. The van der Waals surface area contributed by atoms with Gasteiger partial charge in [0, 0.05) is 25.0 Å². The number of rotatable bonds is 5. The van der Waals surface area contributed by atoms with Crippen LogP contribution in [0.15, 0.2) is 23.1 Å². The molecule has 7 nitrogen and oxygen atoms in total. The van der Waals surface area contributed by atoms with Crippen molar-refractivity contribution in [1.29, 1.82) is 0 Å². The van der Waals surface area contributed by atoms with E-state index < -0.39 is 32.3 Å². The van der Waals surface area contributed by atoms with Crippen LogP contribution in [-0.2, 0) is 14.8 Å². The van der Waals surface area contributed by atoms with E-state index in [0.717, 1.165) is 22.5 Å². The molecule has 0 aliphatic carbocycles. The summed E-state index contributed by atoms with van der Waals surface area (Å²) in [4.78, 5) is 22.4. The zero-order chi connectivity index (χ0) is 18.8. The van der Waals surface area contributed by atoms with Gasteiger partial charge in [-0.25, -0.2) is 17.6 Å². The molecule has 138 valence electrons. The molecule has 0 saturated carbocycles. The van der Waals surface area contributed by atoms with Crippen LogP contribution in [0.2, 0.25) is 0 Å². The van der Waals surface area contributed by atoms with E-state index in [-0.39, 0.29) is 31.0 Å². The first-order chi connectivity index (χ1) is 11.6.